The molecule has 1 aromatic heterocycles. The first kappa shape index (κ1) is 22.4. The van der Waals surface area contributed by atoms with Crippen molar-refractivity contribution in [3.63, 3.8) is 0 Å². The molecule has 3 aromatic rings. The highest BCUT2D eigenvalue weighted by molar-refractivity contribution is 6.17. The Morgan fingerprint density at radius 3 is 2.34 bits per heavy atom. The predicted octanol–water partition coefficient (Wildman–Crippen LogP) is 4.14. The Balaban J connectivity index is 1.31. The lowest BCUT2D eigenvalue weighted by Crippen LogP contribution is -2.35. The molecule has 1 aliphatic heterocycles. The van der Waals surface area contributed by atoms with Gasteiger partial charge in [0.05, 0.1) is 12.1 Å². The average Bonchev–Trinajstić information content (AvgIpc) is 3.56. The summed E-state index contributed by atoms with van der Waals surface area (Å²) < 4.78 is 48.1. The first-order valence-electron chi connectivity index (χ1n) is 10.6. The number of carbonyl (C=O) groups excluding carboxylic acids is 3. The van der Waals surface area contributed by atoms with Crippen LogP contribution in [0.4, 0.5) is 30.4 Å². The van der Waals surface area contributed by atoms with Crippen molar-refractivity contribution >= 4 is 34.9 Å². The zero-order valence-corrected chi connectivity index (χ0v) is 18.0. The van der Waals surface area contributed by atoms with Gasteiger partial charge in [0.15, 0.2) is 11.6 Å². The third-order valence-electron chi connectivity index (χ3n) is 5.84. The van der Waals surface area contributed by atoms with E-state index in [9.17, 15) is 27.6 Å². The van der Waals surface area contributed by atoms with Gasteiger partial charge >= 0.3 is 0 Å². The molecule has 1 aliphatic carbocycles. The van der Waals surface area contributed by atoms with Gasteiger partial charge < -0.3 is 20.7 Å². The molecule has 11 heteroatoms. The summed E-state index contributed by atoms with van der Waals surface area (Å²) in [6, 6.07) is 8.67. The number of halogens is 3. The third kappa shape index (κ3) is 4.16. The Hall–Kier alpha value is -4.41. The number of hydrogen-bond donors (Lipinski definition) is 3. The van der Waals surface area contributed by atoms with Crippen LogP contribution in [-0.2, 0) is 20.8 Å². The summed E-state index contributed by atoms with van der Waals surface area (Å²) >= 11 is 0. The Bertz CT molecular complexity index is 1370. The molecular weight excluding hydrogens is 465 g/mol. The summed E-state index contributed by atoms with van der Waals surface area (Å²) in [5.74, 6) is -4.96. The van der Waals surface area contributed by atoms with Crippen molar-refractivity contribution in [3.8, 4) is 11.5 Å². The minimum Gasteiger partial charge on any atom is -0.454 e. The summed E-state index contributed by atoms with van der Waals surface area (Å²) in [4.78, 5) is 41.0. The van der Waals surface area contributed by atoms with Crippen LogP contribution in [0.15, 0.2) is 48.7 Å². The van der Waals surface area contributed by atoms with Crippen molar-refractivity contribution in [2.45, 2.75) is 19.3 Å². The van der Waals surface area contributed by atoms with Crippen molar-refractivity contribution in [2.24, 2.45) is 5.41 Å². The number of hydrogen-bond acceptors (Lipinski definition) is 5. The van der Waals surface area contributed by atoms with Crippen molar-refractivity contribution in [3.05, 3.63) is 71.7 Å². The fourth-order valence-corrected chi connectivity index (χ4v) is 3.72. The summed E-state index contributed by atoms with van der Waals surface area (Å²) in [6.45, 7) is 0. The van der Waals surface area contributed by atoms with Gasteiger partial charge in [-0.25, -0.2) is 13.8 Å². The molecule has 3 N–H and O–H groups in total. The molecular formula is C24H17F3N4O4. The highest BCUT2D eigenvalue weighted by Crippen LogP contribution is 2.48. The SMILES string of the molecule is O=C1Cc2c(Oc3ccc(NC(=O)C4(C(=O)Nc5ccc(F)cc5)CC4)c(F)c3F)ccnc2N1. The first-order valence-corrected chi connectivity index (χ1v) is 10.6. The maximum Gasteiger partial charge on any atom is 0.240 e. The van der Waals surface area contributed by atoms with Crippen molar-refractivity contribution < 1.29 is 32.3 Å². The summed E-state index contributed by atoms with van der Waals surface area (Å²) in [5.41, 5.74) is -1.19. The molecule has 0 radical (unpaired) electrons. The Labute approximate surface area is 196 Å². The molecule has 2 aliphatic rings. The molecule has 35 heavy (non-hydrogen) atoms. The molecule has 0 atom stereocenters. The minimum absolute atomic E-state index is 0.0151. The van der Waals surface area contributed by atoms with Crippen LogP contribution >= 0.6 is 0 Å². The maximum absolute atomic E-state index is 14.8. The van der Waals surface area contributed by atoms with Gasteiger partial charge in [-0.3, -0.25) is 14.4 Å². The number of rotatable bonds is 6. The molecule has 2 heterocycles. The molecule has 1 saturated carbocycles. The van der Waals surface area contributed by atoms with Gasteiger partial charge in [0.2, 0.25) is 23.5 Å². The van der Waals surface area contributed by atoms with E-state index in [0.29, 0.717) is 11.3 Å². The lowest BCUT2D eigenvalue weighted by molar-refractivity contribution is -0.131. The minimum atomic E-state index is -1.44. The number of carbonyl (C=O) groups is 3. The Kier molecular flexibility index (Phi) is 5.39. The number of pyridine rings is 1. The van der Waals surface area contributed by atoms with E-state index in [2.05, 4.69) is 20.9 Å². The van der Waals surface area contributed by atoms with E-state index in [1.807, 2.05) is 0 Å². The molecule has 0 saturated heterocycles. The molecule has 8 nitrogen and oxygen atoms in total. The fraction of sp³-hybridized carbons (Fsp3) is 0.167. The highest BCUT2D eigenvalue weighted by Gasteiger charge is 2.56. The number of ether oxygens (including phenoxy) is 1. The van der Waals surface area contributed by atoms with E-state index in [1.165, 1.54) is 24.4 Å². The molecule has 3 amide bonds. The van der Waals surface area contributed by atoms with Gasteiger partial charge in [-0.2, -0.15) is 4.39 Å². The van der Waals surface area contributed by atoms with Gasteiger partial charge in [-0.15, -0.1) is 0 Å². The van der Waals surface area contributed by atoms with Gasteiger partial charge in [0, 0.05) is 17.4 Å². The summed E-state index contributed by atoms with van der Waals surface area (Å²) in [5, 5.41) is 7.34. The van der Waals surface area contributed by atoms with E-state index in [-0.39, 0.29) is 36.7 Å². The number of aromatic nitrogens is 1. The number of benzene rings is 2. The maximum atomic E-state index is 14.8. The van der Waals surface area contributed by atoms with Crippen molar-refractivity contribution in [2.75, 3.05) is 16.0 Å². The fourth-order valence-electron chi connectivity index (χ4n) is 3.72. The zero-order valence-electron chi connectivity index (χ0n) is 18.0. The van der Waals surface area contributed by atoms with Gasteiger partial charge in [-0.1, -0.05) is 0 Å². The second kappa shape index (κ2) is 8.42. The largest absolute Gasteiger partial charge is 0.454 e. The molecule has 178 valence electrons. The Morgan fingerprint density at radius 1 is 0.914 bits per heavy atom. The van der Waals surface area contributed by atoms with Crippen LogP contribution in [0.25, 0.3) is 0 Å². The van der Waals surface area contributed by atoms with Crippen molar-refractivity contribution in [1.82, 2.24) is 4.98 Å². The van der Waals surface area contributed by atoms with Crippen LogP contribution in [0.2, 0.25) is 0 Å². The van der Waals surface area contributed by atoms with Crippen LogP contribution in [-0.4, -0.2) is 22.7 Å². The molecule has 5 rings (SSSR count). The molecule has 0 spiro atoms. The number of nitrogens with one attached hydrogen (secondary N) is 3. The third-order valence-corrected chi connectivity index (χ3v) is 5.84. The highest BCUT2D eigenvalue weighted by atomic mass is 19.2. The van der Waals surface area contributed by atoms with Gasteiger partial charge in [0.25, 0.3) is 0 Å². The Morgan fingerprint density at radius 2 is 1.63 bits per heavy atom. The van der Waals surface area contributed by atoms with Crippen LogP contribution < -0.4 is 20.7 Å². The number of fused-ring (bicyclic) bond motifs is 1. The standard InChI is InChI=1S/C24H17F3N4O4/c25-12-1-3-13(4-2-12)29-22(33)24(8-9-24)23(34)30-15-5-6-17(20(27)19(15)26)35-16-7-10-28-21-14(16)11-18(32)31-21/h1-7,10H,8-9,11H2,(H,29,33)(H,30,34)(H,28,31,32). The zero-order chi connectivity index (χ0) is 24.7. The second-order valence-corrected chi connectivity index (χ2v) is 8.20. The van der Waals surface area contributed by atoms with Crippen LogP contribution in [0.5, 0.6) is 11.5 Å². The molecule has 2 aromatic carbocycles. The summed E-state index contributed by atoms with van der Waals surface area (Å²) in [7, 11) is 0. The normalized spacial score (nSPS) is 15.1. The van der Waals surface area contributed by atoms with E-state index in [4.69, 9.17) is 4.74 Å². The molecule has 0 unspecified atom stereocenters. The summed E-state index contributed by atoms with van der Waals surface area (Å²) in [6.07, 6.45) is 1.78. The quantitative estimate of drug-likeness (QED) is 0.458. The van der Waals surface area contributed by atoms with Crippen molar-refractivity contribution in [1.29, 1.82) is 0 Å². The number of nitrogens with zero attached hydrogens (tertiary/aromatic N) is 1. The molecule has 1 fully saturated rings. The monoisotopic (exact) mass is 482 g/mol. The molecule has 0 bridgehead atoms. The average molecular weight is 482 g/mol. The smallest absolute Gasteiger partial charge is 0.240 e. The predicted molar refractivity (Wildman–Crippen MR) is 118 cm³/mol. The number of amides is 3. The second-order valence-electron chi connectivity index (χ2n) is 8.20. The van der Waals surface area contributed by atoms with E-state index >= 15 is 0 Å². The van der Waals surface area contributed by atoms with Crippen LogP contribution in [0.1, 0.15) is 18.4 Å². The topological polar surface area (TPSA) is 109 Å². The number of anilines is 3. The van der Waals surface area contributed by atoms with Crippen LogP contribution in [0.3, 0.4) is 0 Å². The van der Waals surface area contributed by atoms with Gasteiger partial charge in [0.1, 0.15) is 22.8 Å². The first-order chi connectivity index (χ1) is 16.8. The van der Waals surface area contributed by atoms with E-state index in [0.717, 1.165) is 24.3 Å². The van der Waals surface area contributed by atoms with E-state index in [1.54, 1.807) is 0 Å². The lowest BCUT2D eigenvalue weighted by Gasteiger charge is -2.17. The lowest BCUT2D eigenvalue weighted by atomic mass is 10.0. The van der Waals surface area contributed by atoms with E-state index < -0.39 is 46.1 Å². The van der Waals surface area contributed by atoms with Crippen LogP contribution in [0, 0.1) is 22.9 Å². The van der Waals surface area contributed by atoms with Gasteiger partial charge in [-0.05, 0) is 55.3 Å².